The standard InChI is InChI=1S/C31H29ClN6O2S/c32-29-12-11-28(41-29)31(40)36-15-13-35(14-16-36)25-7-9-26(10-8-25)38(30(39)24-5-6-24)20-27-18-34-21-37(27)19-23-3-1-22(17-33)2-4-23/h1-4,7-12,18,21,24H,5-6,13-16,19-20H2. The zero-order chi connectivity index (χ0) is 28.3. The van der Waals surface area contributed by atoms with Crippen LogP contribution >= 0.6 is 22.9 Å². The number of piperazine rings is 1. The molecule has 208 valence electrons. The van der Waals surface area contributed by atoms with Crippen molar-refractivity contribution in [1.29, 1.82) is 5.26 Å². The number of nitrogens with zero attached hydrogens (tertiary/aromatic N) is 6. The van der Waals surface area contributed by atoms with E-state index in [1.807, 2.05) is 57.0 Å². The van der Waals surface area contributed by atoms with Crippen molar-refractivity contribution in [2.75, 3.05) is 36.0 Å². The van der Waals surface area contributed by atoms with Crippen LogP contribution in [0.3, 0.4) is 0 Å². The average Bonchev–Trinajstić information content (AvgIpc) is 3.63. The summed E-state index contributed by atoms with van der Waals surface area (Å²) in [5, 5.41) is 9.08. The Morgan fingerprint density at radius 3 is 2.37 bits per heavy atom. The van der Waals surface area contributed by atoms with Gasteiger partial charge in [0.2, 0.25) is 5.91 Å². The molecule has 3 heterocycles. The molecule has 2 amide bonds. The highest BCUT2D eigenvalue weighted by atomic mass is 35.5. The lowest BCUT2D eigenvalue weighted by atomic mass is 10.1. The molecule has 0 bridgehead atoms. The van der Waals surface area contributed by atoms with Gasteiger partial charge in [0.1, 0.15) is 0 Å². The number of imidazole rings is 1. The first-order valence-electron chi connectivity index (χ1n) is 13.7. The van der Waals surface area contributed by atoms with Crippen LogP contribution in [0.5, 0.6) is 0 Å². The first-order chi connectivity index (χ1) is 20.0. The molecule has 0 atom stereocenters. The molecule has 1 saturated carbocycles. The summed E-state index contributed by atoms with van der Waals surface area (Å²) >= 11 is 7.33. The monoisotopic (exact) mass is 584 g/mol. The number of nitriles is 1. The number of carbonyl (C=O) groups is 2. The molecule has 1 saturated heterocycles. The summed E-state index contributed by atoms with van der Waals surface area (Å²) in [5.74, 6) is 0.252. The lowest BCUT2D eigenvalue weighted by molar-refractivity contribution is -0.119. The third kappa shape index (κ3) is 6.14. The molecule has 8 nitrogen and oxygen atoms in total. The predicted molar refractivity (Wildman–Crippen MR) is 160 cm³/mol. The first kappa shape index (κ1) is 27.1. The first-order valence-corrected chi connectivity index (χ1v) is 14.9. The van der Waals surface area contributed by atoms with E-state index in [9.17, 15) is 9.59 Å². The Labute approximate surface area is 248 Å². The molecule has 4 aromatic rings. The van der Waals surface area contributed by atoms with Crippen molar-refractivity contribution in [3.63, 3.8) is 0 Å². The summed E-state index contributed by atoms with van der Waals surface area (Å²) in [6.07, 6.45) is 5.46. The molecule has 2 aliphatic rings. The molecule has 1 aliphatic heterocycles. The third-order valence-electron chi connectivity index (χ3n) is 7.62. The molecule has 0 unspecified atom stereocenters. The van der Waals surface area contributed by atoms with Gasteiger partial charge in [0.15, 0.2) is 0 Å². The summed E-state index contributed by atoms with van der Waals surface area (Å²) in [6, 6.07) is 21.4. The highest BCUT2D eigenvalue weighted by Crippen LogP contribution is 2.34. The van der Waals surface area contributed by atoms with Crippen molar-refractivity contribution in [1.82, 2.24) is 14.5 Å². The second-order valence-corrected chi connectivity index (χ2v) is 12.1. The zero-order valence-corrected chi connectivity index (χ0v) is 24.0. The van der Waals surface area contributed by atoms with Gasteiger partial charge >= 0.3 is 0 Å². The van der Waals surface area contributed by atoms with Gasteiger partial charge in [-0.2, -0.15) is 5.26 Å². The van der Waals surface area contributed by atoms with E-state index in [0.29, 0.717) is 41.0 Å². The van der Waals surface area contributed by atoms with Gasteiger partial charge in [-0.3, -0.25) is 9.59 Å². The highest BCUT2D eigenvalue weighted by molar-refractivity contribution is 7.17. The van der Waals surface area contributed by atoms with Crippen molar-refractivity contribution >= 4 is 46.1 Å². The molecular formula is C31H29ClN6O2S. The van der Waals surface area contributed by atoms with E-state index in [4.69, 9.17) is 16.9 Å². The fourth-order valence-corrected chi connectivity index (χ4v) is 6.12. The van der Waals surface area contributed by atoms with Gasteiger partial charge in [-0.25, -0.2) is 4.98 Å². The summed E-state index contributed by atoms with van der Waals surface area (Å²) in [4.78, 5) is 37.2. The average molecular weight is 585 g/mol. The molecule has 2 fully saturated rings. The van der Waals surface area contributed by atoms with Gasteiger partial charge < -0.3 is 19.3 Å². The number of amides is 2. The van der Waals surface area contributed by atoms with Crippen molar-refractivity contribution in [3.8, 4) is 6.07 Å². The van der Waals surface area contributed by atoms with Gasteiger partial charge in [0, 0.05) is 56.2 Å². The molecule has 1 aliphatic carbocycles. The Hall–Kier alpha value is -4.13. The molecule has 41 heavy (non-hydrogen) atoms. The molecular weight excluding hydrogens is 556 g/mol. The summed E-state index contributed by atoms with van der Waals surface area (Å²) in [6.45, 7) is 3.81. The van der Waals surface area contributed by atoms with Crippen molar-refractivity contribution < 1.29 is 9.59 Å². The number of benzene rings is 2. The van der Waals surface area contributed by atoms with E-state index in [1.54, 1.807) is 18.5 Å². The van der Waals surface area contributed by atoms with Gasteiger partial charge in [-0.05, 0) is 66.9 Å². The smallest absolute Gasteiger partial charge is 0.264 e. The van der Waals surface area contributed by atoms with E-state index in [-0.39, 0.29) is 17.7 Å². The maximum Gasteiger partial charge on any atom is 0.264 e. The lowest BCUT2D eigenvalue weighted by Crippen LogP contribution is -2.48. The third-order valence-corrected chi connectivity index (χ3v) is 8.84. The Morgan fingerprint density at radius 1 is 1.00 bits per heavy atom. The normalized spacial score (nSPS) is 15.0. The summed E-state index contributed by atoms with van der Waals surface area (Å²) in [7, 11) is 0. The van der Waals surface area contributed by atoms with Gasteiger partial charge in [0.25, 0.3) is 5.91 Å². The van der Waals surface area contributed by atoms with Crippen LogP contribution in [-0.4, -0.2) is 52.4 Å². The van der Waals surface area contributed by atoms with E-state index in [1.165, 1.54) is 11.3 Å². The number of hydrogen-bond acceptors (Lipinski definition) is 6. The Balaban J connectivity index is 1.13. The number of anilines is 2. The minimum absolute atomic E-state index is 0.0320. The Kier molecular flexibility index (Phi) is 7.77. The molecule has 2 aromatic carbocycles. The minimum Gasteiger partial charge on any atom is -0.368 e. The fraction of sp³-hybridized carbons (Fsp3) is 0.290. The molecule has 6 rings (SSSR count). The fourth-order valence-electron chi connectivity index (χ4n) is 5.11. The van der Waals surface area contributed by atoms with E-state index < -0.39 is 0 Å². The number of hydrogen-bond donors (Lipinski definition) is 0. The Morgan fingerprint density at radius 2 is 1.73 bits per heavy atom. The van der Waals surface area contributed by atoms with Crippen LogP contribution in [0.4, 0.5) is 11.4 Å². The van der Waals surface area contributed by atoms with Crippen molar-refractivity contribution in [3.05, 3.63) is 99.2 Å². The van der Waals surface area contributed by atoms with Crippen LogP contribution in [0.2, 0.25) is 4.34 Å². The van der Waals surface area contributed by atoms with Crippen LogP contribution in [0, 0.1) is 17.2 Å². The predicted octanol–water partition coefficient (Wildman–Crippen LogP) is 5.42. The molecule has 10 heteroatoms. The summed E-state index contributed by atoms with van der Waals surface area (Å²) in [5.41, 5.74) is 4.57. The van der Waals surface area contributed by atoms with Crippen LogP contribution in [0.1, 0.15) is 39.3 Å². The van der Waals surface area contributed by atoms with E-state index >= 15 is 0 Å². The maximum atomic E-state index is 13.4. The van der Waals surface area contributed by atoms with Crippen molar-refractivity contribution in [2.24, 2.45) is 5.92 Å². The molecule has 2 aromatic heterocycles. The molecule has 0 N–H and O–H groups in total. The maximum absolute atomic E-state index is 13.4. The topological polar surface area (TPSA) is 85.5 Å². The van der Waals surface area contributed by atoms with Gasteiger partial charge in [-0.1, -0.05) is 23.7 Å². The van der Waals surface area contributed by atoms with Gasteiger partial charge in [-0.15, -0.1) is 11.3 Å². The lowest BCUT2D eigenvalue weighted by Gasteiger charge is -2.36. The largest absolute Gasteiger partial charge is 0.368 e. The van der Waals surface area contributed by atoms with Gasteiger partial charge in [0.05, 0.1) is 39.4 Å². The Bertz CT molecular complexity index is 1580. The van der Waals surface area contributed by atoms with Crippen molar-refractivity contribution in [2.45, 2.75) is 25.9 Å². The SMILES string of the molecule is N#Cc1ccc(Cn2cncc2CN(C(=O)C2CC2)c2ccc(N3CCN(C(=O)c4ccc(Cl)s4)CC3)cc2)cc1. The quantitative estimate of drug-likeness (QED) is 0.276. The van der Waals surface area contributed by atoms with Crippen LogP contribution in [0.15, 0.2) is 73.2 Å². The second-order valence-electron chi connectivity index (χ2n) is 10.4. The number of halogens is 1. The number of thiophene rings is 1. The van der Waals surface area contributed by atoms with Crippen LogP contribution in [-0.2, 0) is 17.9 Å². The van der Waals surface area contributed by atoms with Crippen LogP contribution in [0.25, 0.3) is 0 Å². The second kappa shape index (κ2) is 11.8. The summed E-state index contributed by atoms with van der Waals surface area (Å²) < 4.78 is 2.67. The number of rotatable bonds is 8. The number of carbonyl (C=O) groups excluding carboxylic acids is 2. The molecule has 0 spiro atoms. The van der Waals surface area contributed by atoms with E-state index in [0.717, 1.165) is 48.6 Å². The minimum atomic E-state index is 0.0320. The molecule has 0 radical (unpaired) electrons. The van der Waals surface area contributed by atoms with Crippen LogP contribution < -0.4 is 9.80 Å². The highest BCUT2D eigenvalue weighted by Gasteiger charge is 2.34. The van der Waals surface area contributed by atoms with E-state index in [2.05, 4.69) is 28.1 Å². The number of aromatic nitrogens is 2. The zero-order valence-electron chi connectivity index (χ0n) is 22.4.